The minimum atomic E-state index is -0.465. The van der Waals surface area contributed by atoms with Gasteiger partial charge in [0.25, 0.3) is 0 Å². The van der Waals surface area contributed by atoms with Crippen LogP contribution in [0.5, 0.6) is 0 Å². The Balaban J connectivity index is 1.15. The van der Waals surface area contributed by atoms with E-state index in [1.807, 2.05) is 29.5 Å². The molecule has 0 fully saturated rings. The van der Waals surface area contributed by atoms with Gasteiger partial charge in [-0.3, -0.25) is 0 Å². The Bertz CT molecular complexity index is 3130. The summed E-state index contributed by atoms with van der Waals surface area (Å²) in [5, 5.41) is 4.86. The lowest BCUT2D eigenvalue weighted by molar-refractivity contribution is 0.773. The summed E-state index contributed by atoms with van der Waals surface area (Å²) in [5.41, 5.74) is 12.8. The lowest BCUT2D eigenvalue weighted by Crippen LogP contribution is -2.31. The van der Waals surface area contributed by atoms with Crippen LogP contribution in [0.25, 0.3) is 87.4 Å². The maximum atomic E-state index is 5.31. The molecule has 1 spiro atoms. The van der Waals surface area contributed by atoms with Gasteiger partial charge in [-0.2, -0.15) is 0 Å². The van der Waals surface area contributed by atoms with Crippen LogP contribution in [0.2, 0.25) is 0 Å². The Labute approximate surface area is 315 Å². The van der Waals surface area contributed by atoms with Gasteiger partial charge in [-0.25, -0.2) is 15.0 Å². The van der Waals surface area contributed by atoms with E-state index in [9.17, 15) is 0 Å². The Hall–Kier alpha value is -6.75. The van der Waals surface area contributed by atoms with Gasteiger partial charge in [0, 0.05) is 36.9 Å². The van der Waals surface area contributed by atoms with E-state index in [0.29, 0.717) is 17.5 Å². The summed E-state index contributed by atoms with van der Waals surface area (Å²) in [7, 11) is 0. The molecule has 0 radical (unpaired) electrons. The minimum absolute atomic E-state index is 0.465. The van der Waals surface area contributed by atoms with Gasteiger partial charge in [-0.05, 0) is 85.6 Å². The number of benzene rings is 8. The molecule has 10 aromatic rings. The molecule has 0 saturated carbocycles. The fraction of sp³-hybridized carbons (Fsp3) is 0.0200. The second kappa shape index (κ2) is 11.1. The normalized spacial score (nSPS) is 13.3. The van der Waals surface area contributed by atoms with E-state index >= 15 is 0 Å². The number of aromatic nitrogens is 3. The monoisotopic (exact) mass is 703 g/mol. The molecule has 8 aromatic carbocycles. The summed E-state index contributed by atoms with van der Waals surface area (Å²) >= 11 is 1.82. The largest absolute Gasteiger partial charge is 0.208 e. The third kappa shape index (κ3) is 3.98. The lowest BCUT2D eigenvalue weighted by Gasteiger charge is -2.40. The highest BCUT2D eigenvalue weighted by molar-refractivity contribution is 7.25. The molecule has 3 nitrogen and oxygen atoms in total. The maximum absolute atomic E-state index is 5.31. The molecule has 250 valence electrons. The Kier molecular flexibility index (Phi) is 6.14. The zero-order valence-corrected chi connectivity index (χ0v) is 29.8. The highest BCUT2D eigenvalue weighted by Crippen LogP contribution is 2.62. The molecule has 2 heterocycles. The first-order chi connectivity index (χ1) is 26.8. The van der Waals surface area contributed by atoms with Gasteiger partial charge in [-0.15, -0.1) is 11.3 Å². The van der Waals surface area contributed by atoms with Crippen molar-refractivity contribution in [2.24, 2.45) is 0 Å². The third-order valence-electron chi connectivity index (χ3n) is 11.6. The van der Waals surface area contributed by atoms with Crippen LogP contribution in [0.3, 0.4) is 0 Å². The molecule has 12 rings (SSSR count). The van der Waals surface area contributed by atoms with E-state index in [1.165, 1.54) is 70.1 Å². The summed E-state index contributed by atoms with van der Waals surface area (Å²) < 4.78 is 2.53. The van der Waals surface area contributed by atoms with Crippen molar-refractivity contribution in [1.82, 2.24) is 15.0 Å². The Morgan fingerprint density at radius 1 is 0.333 bits per heavy atom. The van der Waals surface area contributed by atoms with Crippen molar-refractivity contribution in [2.75, 3.05) is 0 Å². The van der Waals surface area contributed by atoms with E-state index < -0.39 is 5.41 Å². The van der Waals surface area contributed by atoms with Gasteiger partial charge < -0.3 is 0 Å². The predicted octanol–water partition coefficient (Wildman–Crippen LogP) is 12.7. The molecule has 0 N–H and O–H groups in total. The first-order valence-electron chi connectivity index (χ1n) is 18.4. The van der Waals surface area contributed by atoms with Gasteiger partial charge in [0.2, 0.25) is 0 Å². The summed E-state index contributed by atoms with van der Waals surface area (Å²) in [4.78, 5) is 15.7. The molecule has 0 unspecified atom stereocenters. The van der Waals surface area contributed by atoms with Crippen molar-refractivity contribution >= 4 is 42.3 Å². The zero-order valence-electron chi connectivity index (χ0n) is 29.0. The van der Waals surface area contributed by atoms with Crippen LogP contribution in [0.4, 0.5) is 0 Å². The smallest absolute Gasteiger partial charge is 0.164 e. The Morgan fingerprint density at radius 2 is 0.870 bits per heavy atom. The Morgan fingerprint density at radius 3 is 1.61 bits per heavy atom. The van der Waals surface area contributed by atoms with Crippen LogP contribution in [0.15, 0.2) is 176 Å². The van der Waals surface area contributed by atoms with Crippen LogP contribution in [-0.2, 0) is 5.41 Å². The molecule has 2 aromatic heterocycles. The second-order valence-electron chi connectivity index (χ2n) is 14.3. The van der Waals surface area contributed by atoms with Crippen LogP contribution >= 0.6 is 11.3 Å². The number of nitrogens with zero attached hydrogens (tertiary/aromatic N) is 3. The second-order valence-corrected chi connectivity index (χ2v) is 15.3. The zero-order chi connectivity index (χ0) is 35.4. The van der Waals surface area contributed by atoms with E-state index in [0.717, 1.165) is 22.1 Å². The van der Waals surface area contributed by atoms with Crippen molar-refractivity contribution in [2.45, 2.75) is 5.41 Å². The first-order valence-corrected chi connectivity index (χ1v) is 19.2. The average Bonchev–Trinajstić information content (AvgIpc) is 3.76. The molecule has 0 saturated heterocycles. The molecule has 0 bridgehead atoms. The average molecular weight is 704 g/mol. The molecular weight excluding hydrogens is 675 g/mol. The molecule has 0 aliphatic heterocycles. The van der Waals surface area contributed by atoms with Crippen molar-refractivity contribution in [3.8, 4) is 56.4 Å². The number of hydrogen-bond acceptors (Lipinski definition) is 4. The third-order valence-corrected chi connectivity index (χ3v) is 12.7. The van der Waals surface area contributed by atoms with Crippen molar-refractivity contribution in [3.63, 3.8) is 0 Å². The molecule has 0 atom stereocenters. The summed E-state index contributed by atoms with van der Waals surface area (Å²) in [6.07, 6.45) is 0. The number of thiophene rings is 1. The molecular formula is C50H29N3S. The van der Waals surface area contributed by atoms with E-state index in [2.05, 4.69) is 158 Å². The number of hydrogen-bond donors (Lipinski definition) is 0. The topological polar surface area (TPSA) is 38.7 Å². The maximum Gasteiger partial charge on any atom is 0.164 e. The number of fused-ring (bicyclic) bond motifs is 12. The van der Waals surface area contributed by atoms with Crippen molar-refractivity contribution in [1.29, 1.82) is 0 Å². The lowest BCUT2D eigenvalue weighted by atomic mass is 9.61. The standard InChI is InChI=1S/C50H29N3S/c1-2-13-30(14-3-1)47-51-48(31-25-28-45-39(29-31)35-18-7-11-24-44(35)54-45)53-49(52-47)38-27-26-37-34-17-6-10-22-42(34)50(43-23-12-19-36(38)46(37)43)40-20-8-4-15-32(40)33-16-5-9-21-41(33)50/h1-29H. The van der Waals surface area contributed by atoms with Crippen molar-refractivity contribution < 1.29 is 0 Å². The molecule has 54 heavy (non-hydrogen) atoms. The van der Waals surface area contributed by atoms with Crippen LogP contribution < -0.4 is 0 Å². The fourth-order valence-corrected chi connectivity index (χ4v) is 10.4. The SMILES string of the molecule is c1ccc(-c2nc(-c3ccc4sc5ccccc5c4c3)nc(-c3ccc4c5c(cccc35)C3(c5ccccc5-c5ccccc53)c3ccccc3-4)n2)cc1. The van der Waals surface area contributed by atoms with Gasteiger partial charge in [0.05, 0.1) is 5.41 Å². The molecule has 4 heteroatoms. The molecule has 2 aliphatic carbocycles. The van der Waals surface area contributed by atoms with Crippen LogP contribution in [-0.4, -0.2) is 15.0 Å². The predicted molar refractivity (Wildman–Crippen MR) is 223 cm³/mol. The van der Waals surface area contributed by atoms with Crippen LogP contribution in [0, 0.1) is 0 Å². The molecule has 0 amide bonds. The van der Waals surface area contributed by atoms with Gasteiger partial charge in [0.15, 0.2) is 17.5 Å². The van der Waals surface area contributed by atoms with E-state index in [4.69, 9.17) is 15.0 Å². The van der Waals surface area contributed by atoms with Gasteiger partial charge in [-0.1, -0.05) is 146 Å². The summed E-state index contributed by atoms with van der Waals surface area (Å²) in [6, 6.07) is 63.7. The fourth-order valence-electron chi connectivity index (χ4n) is 9.35. The van der Waals surface area contributed by atoms with Gasteiger partial charge >= 0.3 is 0 Å². The number of rotatable bonds is 3. The summed E-state index contributed by atoms with van der Waals surface area (Å²) in [5.74, 6) is 1.99. The van der Waals surface area contributed by atoms with E-state index in [-0.39, 0.29) is 0 Å². The van der Waals surface area contributed by atoms with E-state index in [1.54, 1.807) is 0 Å². The van der Waals surface area contributed by atoms with Gasteiger partial charge in [0.1, 0.15) is 0 Å². The highest BCUT2D eigenvalue weighted by Gasteiger charge is 2.49. The summed E-state index contributed by atoms with van der Waals surface area (Å²) in [6.45, 7) is 0. The minimum Gasteiger partial charge on any atom is -0.208 e. The molecule has 2 aliphatic rings. The quantitative estimate of drug-likeness (QED) is 0.184. The first kappa shape index (κ1) is 29.8. The highest BCUT2D eigenvalue weighted by atomic mass is 32.1. The van der Waals surface area contributed by atoms with Crippen LogP contribution in [0.1, 0.15) is 22.3 Å². The van der Waals surface area contributed by atoms with Crippen molar-refractivity contribution in [3.05, 3.63) is 198 Å².